The first-order valence-corrected chi connectivity index (χ1v) is 6.81. The number of anilines is 1. The van der Waals surface area contributed by atoms with Crippen molar-refractivity contribution in [2.24, 2.45) is 10.8 Å². The van der Waals surface area contributed by atoms with Gasteiger partial charge in [0, 0.05) is 30.4 Å². The molecule has 0 spiro atoms. The van der Waals surface area contributed by atoms with Crippen LogP contribution in [0.3, 0.4) is 0 Å². The number of nitrogens with one attached hydrogen (secondary N) is 2. The second kappa shape index (κ2) is 8.20. The number of methoxy groups -OCH3 is 1. The SMILES string of the molecule is COCCCN=C(NN)Nc1ccc(Br)c(C(F)(F)F)c1. The van der Waals surface area contributed by atoms with E-state index in [0.29, 0.717) is 19.6 Å². The second-order valence-corrected chi connectivity index (χ2v) is 4.89. The summed E-state index contributed by atoms with van der Waals surface area (Å²) in [5.41, 5.74) is 1.76. The van der Waals surface area contributed by atoms with Gasteiger partial charge in [-0.1, -0.05) is 15.9 Å². The molecule has 4 N–H and O–H groups in total. The van der Waals surface area contributed by atoms with E-state index in [0.717, 1.165) is 6.07 Å². The van der Waals surface area contributed by atoms with E-state index in [9.17, 15) is 13.2 Å². The molecule has 21 heavy (non-hydrogen) atoms. The van der Waals surface area contributed by atoms with Crippen molar-refractivity contribution in [1.29, 1.82) is 0 Å². The largest absolute Gasteiger partial charge is 0.417 e. The monoisotopic (exact) mass is 368 g/mol. The molecular weight excluding hydrogens is 353 g/mol. The highest BCUT2D eigenvalue weighted by molar-refractivity contribution is 9.10. The number of nitrogens with two attached hydrogens (primary N) is 1. The van der Waals surface area contributed by atoms with Gasteiger partial charge in [-0.2, -0.15) is 13.2 Å². The smallest absolute Gasteiger partial charge is 0.385 e. The van der Waals surface area contributed by atoms with E-state index in [1.807, 2.05) is 0 Å². The van der Waals surface area contributed by atoms with Crippen molar-refractivity contribution in [3.63, 3.8) is 0 Å². The lowest BCUT2D eigenvalue weighted by Gasteiger charge is -2.13. The number of alkyl halides is 3. The van der Waals surface area contributed by atoms with Gasteiger partial charge in [0.15, 0.2) is 0 Å². The van der Waals surface area contributed by atoms with Gasteiger partial charge in [0.05, 0.1) is 5.56 Å². The first-order valence-electron chi connectivity index (χ1n) is 6.02. The lowest BCUT2D eigenvalue weighted by Crippen LogP contribution is -2.36. The zero-order valence-corrected chi connectivity index (χ0v) is 12.9. The maximum atomic E-state index is 12.8. The van der Waals surface area contributed by atoms with Crippen LogP contribution < -0.4 is 16.6 Å². The van der Waals surface area contributed by atoms with Gasteiger partial charge in [-0.05, 0) is 24.6 Å². The number of guanidine groups is 1. The molecule has 0 bridgehead atoms. The predicted octanol–water partition coefficient (Wildman–Crippen LogP) is 2.74. The number of ether oxygens (including phenoxy) is 1. The molecule has 0 amide bonds. The number of hydrogen-bond donors (Lipinski definition) is 3. The molecule has 0 aliphatic rings. The average molecular weight is 369 g/mol. The minimum absolute atomic E-state index is 0.0279. The Hall–Kier alpha value is -1.32. The minimum Gasteiger partial charge on any atom is -0.385 e. The molecular formula is C12H16BrF3N4O. The Morgan fingerprint density at radius 1 is 1.43 bits per heavy atom. The molecule has 118 valence electrons. The van der Waals surface area contributed by atoms with E-state index in [1.54, 1.807) is 7.11 Å². The van der Waals surface area contributed by atoms with Crippen molar-refractivity contribution in [3.05, 3.63) is 28.2 Å². The Bertz CT molecular complexity index is 494. The van der Waals surface area contributed by atoms with Crippen LogP contribution in [0.15, 0.2) is 27.7 Å². The molecule has 0 atom stereocenters. The van der Waals surface area contributed by atoms with Crippen LogP contribution in [0.5, 0.6) is 0 Å². The zero-order valence-electron chi connectivity index (χ0n) is 11.3. The predicted molar refractivity (Wildman–Crippen MR) is 78.9 cm³/mol. The Balaban J connectivity index is 2.81. The van der Waals surface area contributed by atoms with E-state index >= 15 is 0 Å². The molecule has 0 aromatic heterocycles. The molecule has 0 heterocycles. The van der Waals surface area contributed by atoms with E-state index in [-0.39, 0.29) is 16.1 Å². The van der Waals surface area contributed by atoms with Gasteiger partial charge in [-0.25, -0.2) is 5.84 Å². The summed E-state index contributed by atoms with van der Waals surface area (Å²) in [5.74, 6) is 5.47. The van der Waals surface area contributed by atoms with E-state index in [2.05, 4.69) is 31.7 Å². The Morgan fingerprint density at radius 3 is 2.71 bits per heavy atom. The number of benzene rings is 1. The summed E-state index contributed by atoms with van der Waals surface area (Å²) in [6.07, 6.45) is -3.76. The third kappa shape index (κ3) is 5.90. The quantitative estimate of drug-likeness (QED) is 0.245. The first-order chi connectivity index (χ1) is 9.88. The van der Waals surface area contributed by atoms with Gasteiger partial charge in [-0.3, -0.25) is 10.4 Å². The van der Waals surface area contributed by atoms with Crippen molar-refractivity contribution in [2.75, 3.05) is 25.6 Å². The fourth-order valence-electron chi connectivity index (χ4n) is 1.48. The molecule has 1 aromatic rings. The number of aliphatic imine (C=N–C) groups is 1. The summed E-state index contributed by atoms with van der Waals surface area (Å²) in [7, 11) is 1.57. The number of rotatable bonds is 5. The molecule has 0 unspecified atom stereocenters. The van der Waals surface area contributed by atoms with Crippen LogP contribution in [0, 0.1) is 0 Å². The highest BCUT2D eigenvalue weighted by atomic mass is 79.9. The summed E-state index contributed by atoms with van der Waals surface area (Å²) in [5, 5.41) is 2.70. The fourth-order valence-corrected chi connectivity index (χ4v) is 1.95. The normalized spacial score (nSPS) is 12.4. The molecule has 0 fully saturated rings. The Morgan fingerprint density at radius 2 is 2.14 bits per heavy atom. The van der Waals surface area contributed by atoms with Gasteiger partial charge in [0.1, 0.15) is 0 Å². The fraction of sp³-hybridized carbons (Fsp3) is 0.417. The molecule has 1 aromatic carbocycles. The van der Waals surface area contributed by atoms with Gasteiger partial charge < -0.3 is 10.1 Å². The molecule has 0 saturated carbocycles. The molecule has 5 nitrogen and oxygen atoms in total. The van der Waals surface area contributed by atoms with Gasteiger partial charge >= 0.3 is 6.18 Å². The standard InChI is InChI=1S/C12H16BrF3N4O/c1-21-6-2-5-18-11(20-17)19-8-3-4-10(13)9(7-8)12(14,15)16/h3-4,7H,2,5-6,17H2,1H3,(H2,18,19,20). The van der Waals surface area contributed by atoms with Crippen LogP contribution in [0.25, 0.3) is 0 Å². The Kier molecular flexibility index (Phi) is 6.93. The van der Waals surface area contributed by atoms with Gasteiger partial charge in [0.2, 0.25) is 5.96 Å². The lowest BCUT2D eigenvalue weighted by atomic mass is 10.2. The topological polar surface area (TPSA) is 71.7 Å². The third-order valence-electron chi connectivity index (χ3n) is 2.45. The van der Waals surface area contributed by atoms with Crippen molar-refractivity contribution >= 4 is 27.6 Å². The summed E-state index contributed by atoms with van der Waals surface area (Å²) in [6.45, 7) is 0.973. The van der Waals surface area contributed by atoms with E-state index in [4.69, 9.17) is 10.6 Å². The van der Waals surface area contributed by atoms with Crippen LogP contribution in [-0.2, 0) is 10.9 Å². The second-order valence-electron chi connectivity index (χ2n) is 4.04. The maximum Gasteiger partial charge on any atom is 0.417 e. The van der Waals surface area contributed by atoms with Crippen LogP contribution in [0.2, 0.25) is 0 Å². The van der Waals surface area contributed by atoms with Crippen molar-refractivity contribution in [2.45, 2.75) is 12.6 Å². The molecule has 0 aliphatic heterocycles. The zero-order chi connectivity index (χ0) is 15.9. The average Bonchev–Trinajstić information content (AvgIpc) is 2.42. The minimum atomic E-state index is -4.44. The maximum absolute atomic E-state index is 12.8. The summed E-state index contributed by atoms with van der Waals surface area (Å²) < 4.78 is 43.2. The molecule has 1 rings (SSSR count). The van der Waals surface area contributed by atoms with Gasteiger partial charge in [0.25, 0.3) is 0 Å². The summed E-state index contributed by atoms with van der Waals surface area (Å²) in [6, 6.07) is 3.78. The van der Waals surface area contributed by atoms with Gasteiger partial charge in [-0.15, -0.1) is 0 Å². The summed E-state index contributed by atoms with van der Waals surface area (Å²) in [4.78, 5) is 4.09. The number of halogens is 4. The van der Waals surface area contributed by atoms with Crippen molar-refractivity contribution < 1.29 is 17.9 Å². The highest BCUT2D eigenvalue weighted by Gasteiger charge is 2.33. The van der Waals surface area contributed by atoms with Crippen LogP contribution in [0.4, 0.5) is 18.9 Å². The molecule has 9 heteroatoms. The van der Waals surface area contributed by atoms with Crippen LogP contribution >= 0.6 is 15.9 Å². The molecule has 0 saturated heterocycles. The third-order valence-corrected chi connectivity index (χ3v) is 3.14. The van der Waals surface area contributed by atoms with E-state index in [1.165, 1.54) is 12.1 Å². The molecule has 0 aliphatic carbocycles. The van der Waals surface area contributed by atoms with Crippen LogP contribution in [-0.4, -0.2) is 26.2 Å². The van der Waals surface area contributed by atoms with Crippen molar-refractivity contribution in [3.8, 4) is 0 Å². The number of hydrogen-bond acceptors (Lipinski definition) is 3. The van der Waals surface area contributed by atoms with Crippen LogP contribution in [0.1, 0.15) is 12.0 Å². The highest BCUT2D eigenvalue weighted by Crippen LogP contribution is 2.36. The summed E-state index contributed by atoms with van der Waals surface area (Å²) >= 11 is 2.88. The Labute approximate surface area is 128 Å². The number of hydrazine groups is 1. The first kappa shape index (κ1) is 17.7. The van der Waals surface area contributed by atoms with Crippen molar-refractivity contribution in [1.82, 2.24) is 5.43 Å². The van der Waals surface area contributed by atoms with E-state index < -0.39 is 11.7 Å². The number of nitrogens with zero attached hydrogens (tertiary/aromatic N) is 1. The lowest BCUT2D eigenvalue weighted by molar-refractivity contribution is -0.138. The molecule has 0 radical (unpaired) electrons.